The zero-order valence-corrected chi connectivity index (χ0v) is 16.4. The van der Waals surface area contributed by atoms with E-state index in [0.717, 1.165) is 0 Å². The highest BCUT2D eigenvalue weighted by Crippen LogP contribution is 2.41. The molecule has 0 saturated carbocycles. The van der Waals surface area contributed by atoms with Gasteiger partial charge in [0.15, 0.2) is 33.8 Å². The van der Waals surface area contributed by atoms with Crippen molar-refractivity contribution in [2.24, 2.45) is 0 Å². The second-order valence-corrected chi connectivity index (χ2v) is 7.81. The fourth-order valence-electron chi connectivity index (χ4n) is 2.93. The number of alkyl halides is 3. The summed E-state index contributed by atoms with van der Waals surface area (Å²) in [4.78, 5) is 8.16. The normalized spacial score (nSPS) is 13.1. The van der Waals surface area contributed by atoms with E-state index < -0.39 is 16.2 Å². The van der Waals surface area contributed by atoms with Crippen molar-refractivity contribution in [1.82, 2.24) is 19.7 Å². The Bertz CT molecular complexity index is 1240. The molecule has 6 nitrogen and oxygen atoms in total. The first-order valence-electron chi connectivity index (χ1n) is 8.56. The van der Waals surface area contributed by atoms with Crippen LogP contribution in [0.1, 0.15) is 5.69 Å². The standard InChI is InChI=1S/C19H10ClF3N4O2S/c20-15-14(19(21,22)23)24-18(30-15)17-25-16(26-27(17)11-4-2-1-3-5-11)10-6-7-12-13(8-10)29-9-28-12/h1-8H,9H2. The SMILES string of the molecule is FC(F)(F)c1nc(-c2nc(-c3ccc4c(c3)OCO4)nn2-c2ccccc2)sc1Cl. The molecule has 0 fully saturated rings. The molecule has 1 aliphatic rings. The highest BCUT2D eigenvalue weighted by Gasteiger charge is 2.38. The predicted molar refractivity (Wildman–Crippen MR) is 104 cm³/mol. The molecule has 3 heterocycles. The summed E-state index contributed by atoms with van der Waals surface area (Å²) >= 11 is 6.51. The predicted octanol–water partition coefficient (Wildman–Crippen LogP) is 5.46. The van der Waals surface area contributed by atoms with E-state index in [1.54, 1.807) is 42.5 Å². The quantitative estimate of drug-likeness (QED) is 0.415. The highest BCUT2D eigenvalue weighted by atomic mass is 35.5. The van der Waals surface area contributed by atoms with Gasteiger partial charge < -0.3 is 9.47 Å². The van der Waals surface area contributed by atoms with E-state index in [2.05, 4.69) is 15.1 Å². The van der Waals surface area contributed by atoms with Gasteiger partial charge in [0.05, 0.1) is 5.69 Å². The average molecular weight is 451 g/mol. The van der Waals surface area contributed by atoms with Crippen molar-refractivity contribution in [3.8, 4) is 39.4 Å². The van der Waals surface area contributed by atoms with Gasteiger partial charge in [-0.25, -0.2) is 14.6 Å². The molecule has 0 spiro atoms. The van der Waals surface area contributed by atoms with Crippen LogP contribution in [0.3, 0.4) is 0 Å². The molecule has 4 aromatic rings. The summed E-state index contributed by atoms with van der Waals surface area (Å²) in [6.07, 6.45) is -4.66. The molecule has 5 rings (SSSR count). The number of hydrogen-bond donors (Lipinski definition) is 0. The molecule has 2 aromatic heterocycles. The minimum Gasteiger partial charge on any atom is -0.454 e. The number of para-hydroxylation sites is 1. The van der Waals surface area contributed by atoms with Crippen molar-refractivity contribution in [3.05, 3.63) is 58.6 Å². The lowest BCUT2D eigenvalue weighted by molar-refractivity contribution is -0.140. The van der Waals surface area contributed by atoms with Crippen LogP contribution in [0.2, 0.25) is 4.34 Å². The summed E-state index contributed by atoms with van der Waals surface area (Å²) in [5.41, 5.74) is 0.0946. The lowest BCUT2D eigenvalue weighted by atomic mass is 10.2. The third-order valence-corrected chi connectivity index (χ3v) is 5.53. The minimum atomic E-state index is -4.66. The number of benzene rings is 2. The van der Waals surface area contributed by atoms with Crippen molar-refractivity contribution in [1.29, 1.82) is 0 Å². The maximum absolute atomic E-state index is 13.2. The highest BCUT2D eigenvalue weighted by molar-refractivity contribution is 7.19. The summed E-state index contributed by atoms with van der Waals surface area (Å²) in [7, 11) is 0. The first kappa shape index (κ1) is 18.9. The Hall–Kier alpha value is -3.11. The summed E-state index contributed by atoms with van der Waals surface area (Å²) in [6.45, 7) is 0.119. The lowest BCUT2D eigenvalue weighted by Gasteiger charge is -2.03. The third kappa shape index (κ3) is 3.27. The Kier molecular flexibility index (Phi) is 4.40. The molecule has 2 aromatic carbocycles. The van der Waals surface area contributed by atoms with Gasteiger partial charge in [-0.15, -0.1) is 5.10 Å². The average Bonchev–Trinajstić information content (AvgIpc) is 3.45. The van der Waals surface area contributed by atoms with Crippen LogP contribution in [0.15, 0.2) is 48.5 Å². The van der Waals surface area contributed by atoms with Gasteiger partial charge in [-0.05, 0) is 30.3 Å². The van der Waals surface area contributed by atoms with E-state index in [9.17, 15) is 13.2 Å². The zero-order valence-electron chi connectivity index (χ0n) is 14.9. The van der Waals surface area contributed by atoms with E-state index in [1.807, 2.05) is 6.07 Å². The summed E-state index contributed by atoms with van der Waals surface area (Å²) in [5.74, 6) is 1.59. The topological polar surface area (TPSA) is 62.1 Å². The number of halogens is 4. The van der Waals surface area contributed by atoms with Crippen LogP contribution in [-0.2, 0) is 6.18 Å². The monoisotopic (exact) mass is 450 g/mol. The first-order valence-corrected chi connectivity index (χ1v) is 9.76. The third-order valence-electron chi connectivity index (χ3n) is 4.28. The fraction of sp³-hybridized carbons (Fsp3) is 0.105. The first-order chi connectivity index (χ1) is 14.4. The Morgan fingerprint density at radius 3 is 2.50 bits per heavy atom. The van der Waals surface area contributed by atoms with Gasteiger partial charge in [0.25, 0.3) is 0 Å². The van der Waals surface area contributed by atoms with Crippen LogP contribution >= 0.6 is 22.9 Å². The molecule has 152 valence electrons. The van der Waals surface area contributed by atoms with E-state index in [0.29, 0.717) is 39.9 Å². The largest absolute Gasteiger partial charge is 0.454 e. The number of thiazole rings is 1. The molecular formula is C19H10ClF3N4O2S. The van der Waals surface area contributed by atoms with Crippen LogP contribution < -0.4 is 9.47 Å². The van der Waals surface area contributed by atoms with Crippen molar-refractivity contribution >= 4 is 22.9 Å². The molecule has 11 heteroatoms. The molecule has 0 amide bonds. The van der Waals surface area contributed by atoms with Crippen molar-refractivity contribution in [2.45, 2.75) is 6.18 Å². The zero-order chi connectivity index (χ0) is 20.9. The summed E-state index contributed by atoms with van der Waals surface area (Å²) < 4.78 is 51.2. The second kappa shape index (κ2) is 6.99. The number of rotatable bonds is 3. The second-order valence-electron chi connectivity index (χ2n) is 6.21. The van der Waals surface area contributed by atoms with Crippen LogP contribution in [0.5, 0.6) is 11.5 Å². The Morgan fingerprint density at radius 2 is 1.77 bits per heavy atom. The smallest absolute Gasteiger partial charge is 0.435 e. The van der Waals surface area contributed by atoms with Gasteiger partial charge in [-0.3, -0.25) is 0 Å². The number of nitrogens with zero attached hydrogens (tertiary/aromatic N) is 4. The van der Waals surface area contributed by atoms with Crippen LogP contribution in [-0.4, -0.2) is 26.5 Å². The Balaban J connectivity index is 1.67. The molecule has 0 atom stereocenters. The van der Waals surface area contributed by atoms with Crippen molar-refractivity contribution in [3.63, 3.8) is 0 Å². The molecule has 0 N–H and O–H groups in total. The molecule has 0 bridgehead atoms. The molecule has 0 saturated heterocycles. The van der Waals surface area contributed by atoms with Gasteiger partial charge in [0.1, 0.15) is 4.34 Å². The van der Waals surface area contributed by atoms with Crippen molar-refractivity contribution < 1.29 is 22.6 Å². The van der Waals surface area contributed by atoms with Gasteiger partial charge in [0, 0.05) is 5.56 Å². The lowest BCUT2D eigenvalue weighted by Crippen LogP contribution is -2.06. The van der Waals surface area contributed by atoms with Gasteiger partial charge in [-0.2, -0.15) is 13.2 Å². The molecular weight excluding hydrogens is 441 g/mol. The van der Waals surface area contributed by atoms with Gasteiger partial charge in [0.2, 0.25) is 6.79 Å². The van der Waals surface area contributed by atoms with Crippen molar-refractivity contribution in [2.75, 3.05) is 6.79 Å². The Labute approximate surface area is 176 Å². The maximum atomic E-state index is 13.2. The fourth-order valence-corrected chi connectivity index (χ4v) is 4.09. The van der Waals surface area contributed by atoms with E-state index in [1.165, 1.54) is 4.68 Å². The molecule has 1 aliphatic heterocycles. The maximum Gasteiger partial charge on any atom is 0.435 e. The summed E-state index contributed by atoms with van der Waals surface area (Å²) in [6, 6.07) is 14.1. The number of fused-ring (bicyclic) bond motifs is 1. The Morgan fingerprint density at radius 1 is 1.00 bits per heavy atom. The van der Waals surface area contributed by atoms with Crippen LogP contribution in [0.4, 0.5) is 13.2 Å². The summed E-state index contributed by atoms with van der Waals surface area (Å²) in [5, 5.41) is 4.52. The van der Waals surface area contributed by atoms with Gasteiger partial charge >= 0.3 is 6.18 Å². The minimum absolute atomic E-state index is 0.00988. The van der Waals surface area contributed by atoms with E-state index >= 15 is 0 Å². The number of hydrogen-bond acceptors (Lipinski definition) is 6. The molecule has 30 heavy (non-hydrogen) atoms. The van der Waals surface area contributed by atoms with E-state index in [-0.39, 0.29) is 17.6 Å². The number of ether oxygens (including phenoxy) is 2. The van der Waals surface area contributed by atoms with Crippen LogP contribution in [0, 0.1) is 0 Å². The molecule has 0 aliphatic carbocycles. The molecule has 0 radical (unpaired) electrons. The van der Waals surface area contributed by atoms with Crippen LogP contribution in [0.25, 0.3) is 27.9 Å². The number of aromatic nitrogens is 4. The van der Waals surface area contributed by atoms with E-state index in [4.69, 9.17) is 21.1 Å². The van der Waals surface area contributed by atoms with Gasteiger partial charge in [-0.1, -0.05) is 41.1 Å². The molecule has 0 unspecified atom stereocenters.